The van der Waals surface area contributed by atoms with Crippen molar-refractivity contribution < 1.29 is 35.7 Å². The Morgan fingerprint density at radius 3 is 2.10 bits per heavy atom. The zero-order chi connectivity index (χ0) is 22.9. The summed E-state index contributed by atoms with van der Waals surface area (Å²) in [5.74, 6) is -3.77. The Labute approximate surface area is 172 Å². The lowest BCUT2D eigenvalue weighted by molar-refractivity contribution is -0.171. The summed E-state index contributed by atoms with van der Waals surface area (Å²) in [6.45, 7) is 4.97. The number of alkyl halides is 3. The van der Waals surface area contributed by atoms with Gasteiger partial charge in [0.05, 0.1) is 5.69 Å². The molecule has 0 aliphatic carbocycles. The molecule has 0 unspecified atom stereocenters. The van der Waals surface area contributed by atoms with E-state index in [2.05, 4.69) is 0 Å². The molecule has 2 amide bonds. The van der Waals surface area contributed by atoms with Crippen molar-refractivity contribution in [3.63, 3.8) is 0 Å². The van der Waals surface area contributed by atoms with Gasteiger partial charge in [-0.25, -0.2) is 4.90 Å². The molecule has 2 aromatic rings. The smallest absolute Gasteiger partial charge is 0.282 e. The number of aryl methyl sites for hydroxylation is 2. The third kappa shape index (κ3) is 5.06. The van der Waals surface area contributed by atoms with Gasteiger partial charge in [-0.2, -0.15) is 21.6 Å². The Hall–Kier alpha value is -2.72. The van der Waals surface area contributed by atoms with Crippen LogP contribution in [0, 0.1) is 13.8 Å². The van der Waals surface area contributed by atoms with Crippen LogP contribution in [0.2, 0.25) is 0 Å². The highest BCUT2D eigenvalue weighted by molar-refractivity contribution is 7.86. The number of carbonyl (C=O) groups excluding carboxylic acids is 2. The molecule has 0 aromatic heterocycles. The fraction of sp³-hybridized carbons (Fsp3) is 0.300. The first-order chi connectivity index (χ1) is 13.8. The number of carbonyl (C=O) groups is 2. The average molecular weight is 443 g/mol. The summed E-state index contributed by atoms with van der Waals surface area (Å²) in [6, 6.07) is 8.26. The predicted octanol–water partition coefficient (Wildman–Crippen LogP) is 4.44. The average Bonchev–Trinajstić information content (AvgIpc) is 2.59. The molecule has 10 heteroatoms. The third-order valence-corrected chi connectivity index (χ3v) is 5.08. The molecule has 30 heavy (non-hydrogen) atoms. The third-order valence-electron chi connectivity index (χ3n) is 4.19. The van der Waals surface area contributed by atoms with Gasteiger partial charge in [0.15, 0.2) is 0 Å². The second-order valence-electron chi connectivity index (χ2n) is 6.79. The zero-order valence-corrected chi connectivity index (χ0v) is 17.3. The van der Waals surface area contributed by atoms with Gasteiger partial charge in [-0.3, -0.25) is 14.1 Å². The minimum Gasteiger partial charge on any atom is -0.282 e. The normalized spacial score (nSPS) is 12.0. The Balaban J connectivity index is 2.97. The first-order valence-electron chi connectivity index (χ1n) is 8.90. The molecule has 0 aliphatic rings. The molecule has 0 saturated carbocycles. The monoisotopic (exact) mass is 443 g/mol. The summed E-state index contributed by atoms with van der Waals surface area (Å²) in [4.78, 5) is 23.6. The summed E-state index contributed by atoms with van der Waals surface area (Å²) in [5, 5.41) is 0. The highest BCUT2D eigenvalue weighted by Gasteiger charge is 2.47. The number of nitrogens with zero attached hydrogens (tertiary/aromatic N) is 1. The number of anilines is 1. The lowest BCUT2D eigenvalue weighted by Gasteiger charge is -2.26. The summed E-state index contributed by atoms with van der Waals surface area (Å²) in [5.41, 5.74) is 0.797. The van der Waals surface area contributed by atoms with Crippen LogP contribution in [-0.4, -0.2) is 31.0 Å². The molecular weight excluding hydrogens is 423 g/mol. The van der Waals surface area contributed by atoms with Crippen LogP contribution >= 0.6 is 0 Å². The van der Waals surface area contributed by atoms with Gasteiger partial charge >= 0.3 is 12.1 Å². The molecule has 0 spiro atoms. The molecule has 0 atom stereocenters. The molecule has 0 aliphatic heterocycles. The van der Waals surface area contributed by atoms with E-state index in [-0.39, 0.29) is 22.4 Å². The van der Waals surface area contributed by atoms with Gasteiger partial charge in [0.1, 0.15) is 4.90 Å². The van der Waals surface area contributed by atoms with Crippen LogP contribution < -0.4 is 4.90 Å². The molecule has 162 valence electrons. The topological polar surface area (TPSA) is 91.8 Å². The van der Waals surface area contributed by atoms with E-state index in [1.807, 2.05) is 0 Å². The van der Waals surface area contributed by atoms with Gasteiger partial charge in [0.25, 0.3) is 10.1 Å². The number of para-hydroxylation sites is 1. The van der Waals surface area contributed by atoms with Gasteiger partial charge in [-0.15, -0.1) is 0 Å². The molecule has 0 radical (unpaired) electrons. The Morgan fingerprint density at radius 1 is 1.07 bits per heavy atom. The predicted molar refractivity (Wildman–Crippen MR) is 105 cm³/mol. The van der Waals surface area contributed by atoms with Crippen LogP contribution in [0.1, 0.15) is 30.9 Å². The molecule has 0 bridgehead atoms. The van der Waals surface area contributed by atoms with Crippen LogP contribution in [0.5, 0.6) is 0 Å². The standard InChI is InChI=1S/C20H20F3NO5S/c1-4-6-17(25)24(19(26)20(21,22)23)18-15(7-5-8-16(18)30(27,28)29)14-10-12(2)9-13(3)11-14/h5,7-11H,4,6H2,1-3H3,(H,27,28,29). The molecule has 6 nitrogen and oxygen atoms in total. The number of rotatable bonds is 5. The fourth-order valence-electron chi connectivity index (χ4n) is 3.12. The highest BCUT2D eigenvalue weighted by atomic mass is 32.2. The summed E-state index contributed by atoms with van der Waals surface area (Å²) >= 11 is 0. The summed E-state index contributed by atoms with van der Waals surface area (Å²) in [6.07, 6.45) is -5.77. The minimum atomic E-state index is -5.45. The number of amides is 2. The van der Waals surface area contributed by atoms with Crippen molar-refractivity contribution >= 4 is 27.6 Å². The van der Waals surface area contributed by atoms with E-state index in [4.69, 9.17) is 0 Å². The van der Waals surface area contributed by atoms with E-state index in [0.29, 0.717) is 0 Å². The first-order valence-corrected chi connectivity index (χ1v) is 10.3. The molecule has 1 N–H and O–H groups in total. The van der Waals surface area contributed by atoms with Crippen molar-refractivity contribution in [1.29, 1.82) is 0 Å². The van der Waals surface area contributed by atoms with E-state index in [1.54, 1.807) is 32.0 Å². The summed E-state index contributed by atoms with van der Waals surface area (Å²) < 4.78 is 73.5. The van der Waals surface area contributed by atoms with Gasteiger partial charge in [0.2, 0.25) is 5.91 Å². The Morgan fingerprint density at radius 2 is 1.63 bits per heavy atom. The Kier molecular flexibility index (Phi) is 6.73. The zero-order valence-electron chi connectivity index (χ0n) is 16.4. The highest BCUT2D eigenvalue weighted by Crippen LogP contribution is 2.39. The van der Waals surface area contributed by atoms with Crippen molar-refractivity contribution in [2.24, 2.45) is 0 Å². The van der Waals surface area contributed by atoms with Gasteiger partial charge in [-0.05, 0) is 31.9 Å². The van der Waals surface area contributed by atoms with Crippen molar-refractivity contribution in [3.05, 3.63) is 47.5 Å². The van der Waals surface area contributed by atoms with E-state index < -0.39 is 45.1 Å². The second kappa shape index (κ2) is 8.57. The fourth-order valence-corrected chi connectivity index (χ4v) is 3.81. The molecule has 0 saturated heterocycles. The molecule has 0 heterocycles. The van der Waals surface area contributed by atoms with E-state index in [9.17, 15) is 35.7 Å². The van der Waals surface area contributed by atoms with Crippen LogP contribution in [0.25, 0.3) is 11.1 Å². The summed E-state index contributed by atoms with van der Waals surface area (Å²) in [7, 11) is -5.07. The second-order valence-corrected chi connectivity index (χ2v) is 8.18. The Bertz CT molecular complexity index is 1070. The molecular formula is C20H20F3NO5S. The number of benzene rings is 2. The quantitative estimate of drug-likeness (QED) is 0.690. The number of imide groups is 1. The first kappa shape index (κ1) is 23.6. The van der Waals surface area contributed by atoms with Gasteiger partial charge in [0, 0.05) is 12.0 Å². The molecule has 0 fully saturated rings. The lowest BCUT2D eigenvalue weighted by Crippen LogP contribution is -2.45. The molecule has 2 rings (SSSR count). The largest absolute Gasteiger partial charge is 0.472 e. The maximum Gasteiger partial charge on any atom is 0.472 e. The van der Waals surface area contributed by atoms with E-state index in [0.717, 1.165) is 17.2 Å². The van der Waals surface area contributed by atoms with Crippen molar-refractivity contribution in [2.45, 2.75) is 44.7 Å². The van der Waals surface area contributed by atoms with Crippen molar-refractivity contribution in [2.75, 3.05) is 4.90 Å². The maximum absolute atomic E-state index is 13.3. The SMILES string of the molecule is CCCC(=O)N(C(=O)C(F)(F)F)c1c(-c2cc(C)cc(C)c2)cccc1S(=O)(=O)O. The molecule has 2 aromatic carbocycles. The van der Waals surface area contributed by atoms with Crippen LogP contribution in [0.15, 0.2) is 41.3 Å². The van der Waals surface area contributed by atoms with E-state index >= 15 is 0 Å². The van der Waals surface area contributed by atoms with Gasteiger partial charge < -0.3 is 0 Å². The number of hydrogen-bond donors (Lipinski definition) is 1. The van der Waals surface area contributed by atoms with Crippen LogP contribution in [-0.2, 0) is 19.7 Å². The van der Waals surface area contributed by atoms with Gasteiger partial charge in [-0.1, -0.05) is 48.4 Å². The van der Waals surface area contributed by atoms with Crippen molar-refractivity contribution in [3.8, 4) is 11.1 Å². The van der Waals surface area contributed by atoms with Crippen LogP contribution in [0.4, 0.5) is 18.9 Å². The number of halogens is 3. The van der Waals surface area contributed by atoms with E-state index in [1.165, 1.54) is 19.1 Å². The lowest BCUT2D eigenvalue weighted by atomic mass is 9.98. The number of hydrogen-bond acceptors (Lipinski definition) is 4. The van der Waals surface area contributed by atoms with Crippen molar-refractivity contribution in [1.82, 2.24) is 0 Å². The van der Waals surface area contributed by atoms with Crippen LogP contribution in [0.3, 0.4) is 0 Å². The minimum absolute atomic E-state index is 0.112. The maximum atomic E-state index is 13.3.